The van der Waals surface area contributed by atoms with Crippen molar-refractivity contribution in [3.8, 4) is 0 Å². The van der Waals surface area contributed by atoms with Crippen molar-refractivity contribution in [2.45, 2.75) is 13.5 Å². The number of nitrogens with one attached hydrogen (secondary N) is 1. The van der Waals surface area contributed by atoms with Crippen molar-refractivity contribution in [2.24, 2.45) is 0 Å². The lowest BCUT2D eigenvalue weighted by Gasteiger charge is -2.08. The van der Waals surface area contributed by atoms with Gasteiger partial charge in [0.2, 0.25) is 5.28 Å². The first kappa shape index (κ1) is 12.8. The summed E-state index contributed by atoms with van der Waals surface area (Å²) in [5.41, 5.74) is 2.86. The third kappa shape index (κ3) is 3.42. The van der Waals surface area contributed by atoms with Crippen LogP contribution < -0.4 is 5.32 Å². The van der Waals surface area contributed by atoms with E-state index in [1.54, 1.807) is 7.11 Å². The molecule has 1 aromatic carbocycles. The van der Waals surface area contributed by atoms with Crippen LogP contribution >= 0.6 is 11.6 Å². The quantitative estimate of drug-likeness (QED) is 0.860. The van der Waals surface area contributed by atoms with Crippen LogP contribution in [0.4, 0.5) is 11.5 Å². The smallest absolute Gasteiger partial charge is 0.224 e. The van der Waals surface area contributed by atoms with Gasteiger partial charge in [-0.2, -0.15) is 0 Å². The second-order valence-corrected chi connectivity index (χ2v) is 4.26. The molecular formula is C13H14ClN3O. The van der Waals surface area contributed by atoms with E-state index in [1.165, 1.54) is 0 Å². The Labute approximate surface area is 111 Å². The SMILES string of the molecule is COCc1cccc(Nc2cc(C)nc(Cl)n2)c1. The summed E-state index contributed by atoms with van der Waals surface area (Å²) >= 11 is 5.82. The molecule has 1 heterocycles. The highest BCUT2D eigenvalue weighted by Gasteiger charge is 2.01. The van der Waals surface area contributed by atoms with Gasteiger partial charge in [-0.1, -0.05) is 12.1 Å². The van der Waals surface area contributed by atoms with Crippen LogP contribution in [0, 0.1) is 6.92 Å². The van der Waals surface area contributed by atoms with E-state index < -0.39 is 0 Å². The third-order valence-electron chi connectivity index (χ3n) is 2.34. The molecule has 0 aliphatic rings. The number of aryl methyl sites for hydroxylation is 1. The van der Waals surface area contributed by atoms with Gasteiger partial charge < -0.3 is 10.1 Å². The zero-order chi connectivity index (χ0) is 13.0. The van der Waals surface area contributed by atoms with Crippen molar-refractivity contribution in [2.75, 3.05) is 12.4 Å². The first-order chi connectivity index (χ1) is 8.67. The molecule has 0 unspecified atom stereocenters. The summed E-state index contributed by atoms with van der Waals surface area (Å²) in [6.45, 7) is 2.46. The van der Waals surface area contributed by atoms with Crippen LogP contribution in [-0.4, -0.2) is 17.1 Å². The minimum absolute atomic E-state index is 0.241. The highest BCUT2D eigenvalue weighted by atomic mass is 35.5. The highest BCUT2D eigenvalue weighted by molar-refractivity contribution is 6.28. The Kier molecular flexibility index (Phi) is 4.12. The van der Waals surface area contributed by atoms with Gasteiger partial charge in [0.05, 0.1) is 6.61 Å². The topological polar surface area (TPSA) is 47.0 Å². The summed E-state index contributed by atoms with van der Waals surface area (Å²) in [5, 5.41) is 3.43. The monoisotopic (exact) mass is 263 g/mol. The van der Waals surface area contributed by atoms with Crippen molar-refractivity contribution in [3.63, 3.8) is 0 Å². The van der Waals surface area contributed by atoms with Crippen LogP contribution in [0.1, 0.15) is 11.3 Å². The molecule has 0 saturated carbocycles. The molecule has 0 saturated heterocycles. The number of hydrogen-bond donors (Lipinski definition) is 1. The molecule has 94 valence electrons. The molecule has 1 aromatic heterocycles. The average molecular weight is 264 g/mol. The van der Waals surface area contributed by atoms with Crippen molar-refractivity contribution < 1.29 is 4.74 Å². The van der Waals surface area contributed by atoms with E-state index >= 15 is 0 Å². The van der Waals surface area contributed by atoms with Gasteiger partial charge in [-0.25, -0.2) is 9.97 Å². The summed E-state index contributed by atoms with van der Waals surface area (Å²) in [7, 11) is 1.67. The van der Waals surface area contributed by atoms with Crippen LogP contribution in [0.25, 0.3) is 0 Å². The fourth-order valence-electron chi connectivity index (χ4n) is 1.65. The number of aromatic nitrogens is 2. The zero-order valence-electron chi connectivity index (χ0n) is 10.3. The third-order valence-corrected chi connectivity index (χ3v) is 2.51. The van der Waals surface area contributed by atoms with Crippen molar-refractivity contribution in [1.82, 2.24) is 9.97 Å². The van der Waals surface area contributed by atoms with Gasteiger partial charge in [-0.05, 0) is 36.2 Å². The van der Waals surface area contributed by atoms with Crippen molar-refractivity contribution in [1.29, 1.82) is 0 Å². The highest BCUT2D eigenvalue weighted by Crippen LogP contribution is 2.18. The number of halogens is 1. The maximum Gasteiger partial charge on any atom is 0.224 e. The maximum atomic E-state index is 5.82. The first-order valence-corrected chi connectivity index (χ1v) is 5.91. The van der Waals surface area contributed by atoms with Gasteiger partial charge in [-0.3, -0.25) is 0 Å². The maximum absolute atomic E-state index is 5.82. The molecule has 0 radical (unpaired) electrons. The molecule has 2 aromatic rings. The van der Waals surface area contributed by atoms with E-state index in [0.29, 0.717) is 12.4 Å². The number of ether oxygens (including phenoxy) is 1. The van der Waals surface area contributed by atoms with Crippen LogP contribution in [0.15, 0.2) is 30.3 Å². The van der Waals surface area contributed by atoms with Crippen LogP contribution in [0.2, 0.25) is 5.28 Å². The normalized spacial score (nSPS) is 10.4. The summed E-state index contributed by atoms with van der Waals surface area (Å²) in [5.74, 6) is 0.682. The molecule has 5 heteroatoms. The minimum Gasteiger partial charge on any atom is -0.380 e. The molecule has 0 atom stereocenters. The Morgan fingerprint density at radius 1 is 1.28 bits per heavy atom. The fraction of sp³-hybridized carbons (Fsp3) is 0.231. The van der Waals surface area contributed by atoms with E-state index in [-0.39, 0.29) is 5.28 Å². The number of rotatable bonds is 4. The molecule has 0 spiro atoms. The molecule has 0 aliphatic carbocycles. The van der Waals surface area contributed by atoms with E-state index in [0.717, 1.165) is 16.9 Å². The standard InChI is InChI=1S/C13H14ClN3O/c1-9-6-12(17-13(14)15-9)16-11-5-3-4-10(7-11)8-18-2/h3-7H,8H2,1-2H3,(H,15,16,17). The van der Waals surface area contributed by atoms with E-state index in [2.05, 4.69) is 15.3 Å². The van der Waals surface area contributed by atoms with Crippen LogP contribution in [0.3, 0.4) is 0 Å². The number of methoxy groups -OCH3 is 1. The molecule has 0 aliphatic heterocycles. The second kappa shape index (κ2) is 5.80. The summed E-state index contributed by atoms with van der Waals surface area (Å²) in [6.07, 6.45) is 0. The molecule has 1 N–H and O–H groups in total. The van der Waals surface area contributed by atoms with Gasteiger partial charge in [0.25, 0.3) is 0 Å². The molecule has 4 nitrogen and oxygen atoms in total. The van der Waals surface area contributed by atoms with Gasteiger partial charge >= 0.3 is 0 Å². The molecule has 2 rings (SSSR count). The van der Waals surface area contributed by atoms with E-state index in [4.69, 9.17) is 16.3 Å². The summed E-state index contributed by atoms with van der Waals surface area (Å²) in [4.78, 5) is 8.13. The van der Waals surface area contributed by atoms with Crippen molar-refractivity contribution >= 4 is 23.1 Å². The number of anilines is 2. The van der Waals surface area contributed by atoms with Gasteiger partial charge in [-0.15, -0.1) is 0 Å². The Balaban J connectivity index is 2.20. The van der Waals surface area contributed by atoms with Crippen LogP contribution in [0.5, 0.6) is 0 Å². The number of nitrogens with zero attached hydrogens (tertiary/aromatic N) is 2. The lowest BCUT2D eigenvalue weighted by molar-refractivity contribution is 0.185. The lowest BCUT2D eigenvalue weighted by atomic mass is 10.2. The summed E-state index contributed by atoms with van der Waals surface area (Å²) < 4.78 is 5.10. The molecule has 0 bridgehead atoms. The Morgan fingerprint density at radius 3 is 2.83 bits per heavy atom. The predicted molar refractivity (Wildman–Crippen MR) is 72.2 cm³/mol. The first-order valence-electron chi connectivity index (χ1n) is 5.53. The second-order valence-electron chi connectivity index (χ2n) is 3.92. The average Bonchev–Trinajstić information content (AvgIpc) is 2.28. The Bertz CT molecular complexity index is 525. The zero-order valence-corrected chi connectivity index (χ0v) is 11.0. The molecular weight excluding hydrogens is 250 g/mol. The Morgan fingerprint density at radius 2 is 2.11 bits per heavy atom. The van der Waals surface area contributed by atoms with Crippen LogP contribution in [-0.2, 0) is 11.3 Å². The lowest BCUT2D eigenvalue weighted by Crippen LogP contribution is -1.97. The van der Waals surface area contributed by atoms with Gasteiger partial charge in [0.1, 0.15) is 5.82 Å². The van der Waals surface area contributed by atoms with E-state index in [1.807, 2.05) is 37.3 Å². The molecule has 18 heavy (non-hydrogen) atoms. The van der Waals surface area contributed by atoms with E-state index in [9.17, 15) is 0 Å². The minimum atomic E-state index is 0.241. The van der Waals surface area contributed by atoms with Crippen molar-refractivity contribution in [3.05, 3.63) is 46.9 Å². The van der Waals surface area contributed by atoms with Gasteiger partial charge in [0, 0.05) is 24.6 Å². The predicted octanol–water partition coefficient (Wildman–Crippen LogP) is 3.33. The number of hydrogen-bond acceptors (Lipinski definition) is 4. The fourth-order valence-corrected chi connectivity index (χ4v) is 1.87. The summed E-state index contributed by atoms with van der Waals surface area (Å²) in [6, 6.07) is 9.79. The van der Waals surface area contributed by atoms with Gasteiger partial charge in [0.15, 0.2) is 0 Å². The number of benzene rings is 1. The molecule has 0 amide bonds. The Hall–Kier alpha value is -1.65. The largest absolute Gasteiger partial charge is 0.380 e. The molecule has 0 fully saturated rings.